The van der Waals surface area contributed by atoms with E-state index in [1.807, 2.05) is 6.07 Å². The molecule has 138 valence electrons. The molecule has 0 spiro atoms. The number of carbonyl (C=O) groups excluding carboxylic acids is 1. The number of rotatable bonds is 5. The lowest BCUT2D eigenvalue weighted by Gasteiger charge is -2.24. The maximum atomic E-state index is 13.3. The fraction of sp³-hybridized carbons (Fsp3) is 0.300. The number of hydrogen-bond acceptors (Lipinski definition) is 4. The molecule has 0 saturated carbocycles. The average molecular weight is 375 g/mol. The molecule has 0 radical (unpaired) electrons. The molecule has 0 N–H and O–H groups in total. The Bertz CT molecular complexity index is 858. The van der Waals surface area contributed by atoms with Gasteiger partial charge >= 0.3 is 5.97 Å². The van der Waals surface area contributed by atoms with E-state index in [2.05, 4.69) is 23.8 Å². The van der Waals surface area contributed by atoms with Crippen molar-refractivity contribution < 1.29 is 18.7 Å². The van der Waals surface area contributed by atoms with Gasteiger partial charge in [0.2, 0.25) is 0 Å². The van der Waals surface area contributed by atoms with Gasteiger partial charge in [-0.05, 0) is 43.0 Å². The van der Waals surface area contributed by atoms with Crippen molar-refractivity contribution in [2.24, 2.45) is 4.99 Å². The van der Waals surface area contributed by atoms with Crippen molar-refractivity contribution in [1.82, 2.24) is 0 Å². The largest absolute Gasteiger partial charge is 0.485 e. The molecular formula is C20H22FNO3S. The van der Waals surface area contributed by atoms with Crippen LogP contribution < -0.4 is 4.74 Å². The van der Waals surface area contributed by atoms with Gasteiger partial charge in [-0.15, -0.1) is 0 Å². The maximum Gasteiger partial charge on any atom is 0.338 e. The fourth-order valence-corrected chi connectivity index (χ4v) is 3.04. The Labute approximate surface area is 154 Å². The Balaban J connectivity index is 1.75. The molecule has 0 fully saturated rings. The number of carbonyl (C=O) groups is 1. The molecule has 1 heterocycles. The molecule has 6 heteroatoms. The Kier molecular flexibility index (Phi) is 5.32. The smallest absolute Gasteiger partial charge is 0.338 e. The first-order chi connectivity index (χ1) is 12.3. The average Bonchev–Trinajstić information content (AvgIpc) is 2.60. The van der Waals surface area contributed by atoms with Crippen LogP contribution in [0.1, 0.15) is 15.9 Å². The highest BCUT2D eigenvalue weighted by atomic mass is 32.3. The molecule has 0 bridgehead atoms. The lowest BCUT2D eigenvalue weighted by atomic mass is 10.1. The molecule has 0 aromatic heterocycles. The van der Waals surface area contributed by atoms with Crippen LogP contribution in [-0.4, -0.2) is 49.4 Å². The van der Waals surface area contributed by atoms with E-state index in [4.69, 9.17) is 9.47 Å². The van der Waals surface area contributed by atoms with Crippen molar-refractivity contribution in [2.45, 2.75) is 0 Å². The molecule has 26 heavy (non-hydrogen) atoms. The van der Waals surface area contributed by atoms with Gasteiger partial charge in [0.05, 0.1) is 17.9 Å². The summed E-state index contributed by atoms with van der Waals surface area (Å²) in [6.45, 7) is 0.646. The summed E-state index contributed by atoms with van der Waals surface area (Å²) in [5, 5.41) is 0. The maximum absolute atomic E-state index is 13.3. The minimum atomic E-state index is -0.698. The summed E-state index contributed by atoms with van der Waals surface area (Å²) in [6, 6.07) is 11.4. The zero-order valence-corrected chi connectivity index (χ0v) is 15.9. The molecule has 2 aromatic carbocycles. The second-order valence-corrected chi connectivity index (χ2v) is 11.6. The molecular weight excluding hydrogens is 353 g/mol. The van der Waals surface area contributed by atoms with Crippen LogP contribution in [-0.2, 0) is 4.74 Å². The minimum Gasteiger partial charge on any atom is -0.485 e. The molecule has 0 aliphatic carbocycles. The zero-order valence-electron chi connectivity index (χ0n) is 15.1. The fourth-order valence-electron chi connectivity index (χ4n) is 2.46. The second kappa shape index (κ2) is 7.50. The van der Waals surface area contributed by atoms with E-state index in [0.29, 0.717) is 29.3 Å². The molecule has 1 aliphatic rings. The molecule has 0 saturated heterocycles. The van der Waals surface area contributed by atoms with Crippen LogP contribution in [0, 0.1) is 5.82 Å². The van der Waals surface area contributed by atoms with Gasteiger partial charge in [-0.1, -0.05) is 12.1 Å². The van der Waals surface area contributed by atoms with Crippen molar-refractivity contribution in [2.75, 3.05) is 37.7 Å². The van der Waals surface area contributed by atoms with Crippen LogP contribution in [0.25, 0.3) is 0 Å². The van der Waals surface area contributed by atoms with Crippen molar-refractivity contribution in [3.63, 3.8) is 0 Å². The number of ether oxygens (including phenoxy) is 2. The van der Waals surface area contributed by atoms with E-state index in [9.17, 15) is 9.18 Å². The summed E-state index contributed by atoms with van der Waals surface area (Å²) in [5.41, 5.74) is 2.54. The Morgan fingerprint density at radius 1 is 1.23 bits per heavy atom. The van der Waals surface area contributed by atoms with Crippen molar-refractivity contribution in [3.8, 4) is 5.75 Å². The number of benzene rings is 2. The first-order valence-corrected chi connectivity index (χ1v) is 11.3. The summed E-state index contributed by atoms with van der Waals surface area (Å²) in [6.07, 6.45) is 6.56. The number of aliphatic imine (C=N–C) groups is 1. The minimum absolute atomic E-state index is 0.225. The number of nitrogens with zero attached hydrogens (tertiary/aromatic N) is 1. The summed E-state index contributed by atoms with van der Waals surface area (Å²) >= 11 is 0. The highest BCUT2D eigenvalue weighted by molar-refractivity contribution is 8.32. The zero-order chi connectivity index (χ0) is 18.7. The first-order valence-electron chi connectivity index (χ1n) is 8.25. The van der Waals surface area contributed by atoms with Gasteiger partial charge < -0.3 is 9.47 Å². The second-order valence-electron chi connectivity index (χ2n) is 6.97. The van der Waals surface area contributed by atoms with Crippen molar-refractivity contribution in [3.05, 3.63) is 59.4 Å². The van der Waals surface area contributed by atoms with Crippen LogP contribution in [0.5, 0.6) is 5.75 Å². The monoisotopic (exact) mass is 375 g/mol. The van der Waals surface area contributed by atoms with Crippen LogP contribution >= 0.6 is 10.0 Å². The summed E-state index contributed by atoms with van der Waals surface area (Å²) in [5.74, 6) is 0.611. The van der Waals surface area contributed by atoms with Gasteiger partial charge in [0.1, 0.15) is 23.9 Å². The number of esters is 1. The lowest BCUT2D eigenvalue weighted by molar-refractivity contribution is 0.0530. The van der Waals surface area contributed by atoms with Gasteiger partial charge in [0, 0.05) is 17.4 Å². The van der Waals surface area contributed by atoms with E-state index < -0.39 is 10.0 Å². The van der Waals surface area contributed by atoms with Gasteiger partial charge in [-0.25, -0.2) is 24.2 Å². The Morgan fingerprint density at radius 2 is 2.04 bits per heavy atom. The van der Waals surface area contributed by atoms with Crippen molar-refractivity contribution in [1.29, 1.82) is 0 Å². The SMILES string of the molecule is CS(C)(C)CCOC(=O)c1cccc(C2=Nc3ccc(F)cc3OC2)c1. The van der Waals surface area contributed by atoms with Gasteiger partial charge in [0.25, 0.3) is 0 Å². The van der Waals surface area contributed by atoms with E-state index in [1.165, 1.54) is 12.1 Å². The first kappa shape index (κ1) is 18.5. The van der Waals surface area contributed by atoms with Gasteiger partial charge in [-0.3, -0.25) is 0 Å². The topological polar surface area (TPSA) is 47.9 Å². The molecule has 4 nitrogen and oxygen atoms in total. The molecule has 2 aromatic rings. The Hall–Kier alpha value is -2.34. The third-order valence-corrected chi connectivity index (χ3v) is 5.29. The molecule has 1 aliphatic heterocycles. The van der Waals surface area contributed by atoms with E-state index in [0.717, 1.165) is 11.3 Å². The van der Waals surface area contributed by atoms with Crippen molar-refractivity contribution >= 4 is 27.4 Å². The normalized spacial score (nSPS) is 14.1. The molecule has 3 rings (SSSR count). The summed E-state index contributed by atoms with van der Waals surface area (Å²) in [4.78, 5) is 16.8. The third kappa shape index (κ3) is 4.64. The third-order valence-electron chi connectivity index (χ3n) is 3.90. The van der Waals surface area contributed by atoms with E-state index in [1.54, 1.807) is 24.3 Å². The Morgan fingerprint density at radius 3 is 2.81 bits per heavy atom. The standard InChI is InChI=1S/C20H22FNO3S/c1-26(2,3)10-9-24-20(23)15-6-4-5-14(11-15)18-13-25-19-12-16(21)7-8-17(19)22-18/h4-8,11-12H,9-10,13H2,1-3H3. The predicted octanol–water partition coefficient (Wildman–Crippen LogP) is 4.19. The summed E-state index contributed by atoms with van der Waals surface area (Å²) in [7, 11) is -0.698. The molecule has 0 amide bonds. The highest BCUT2D eigenvalue weighted by Gasteiger charge is 2.17. The quantitative estimate of drug-likeness (QED) is 0.736. The van der Waals surface area contributed by atoms with Crippen LogP contribution in [0.3, 0.4) is 0 Å². The van der Waals surface area contributed by atoms with Crippen LogP contribution in [0.4, 0.5) is 10.1 Å². The molecule has 0 atom stereocenters. The number of hydrogen-bond donors (Lipinski definition) is 0. The number of fused-ring (bicyclic) bond motifs is 1. The van der Waals surface area contributed by atoms with Gasteiger partial charge in [0.15, 0.2) is 0 Å². The van der Waals surface area contributed by atoms with Crippen LogP contribution in [0.15, 0.2) is 47.5 Å². The number of halogens is 1. The van der Waals surface area contributed by atoms with E-state index in [-0.39, 0.29) is 18.4 Å². The highest BCUT2D eigenvalue weighted by Crippen LogP contribution is 2.34. The predicted molar refractivity (Wildman–Crippen MR) is 105 cm³/mol. The lowest BCUT2D eigenvalue weighted by Crippen LogP contribution is -2.17. The van der Waals surface area contributed by atoms with Gasteiger partial charge in [-0.2, -0.15) is 0 Å². The molecule has 0 unspecified atom stereocenters. The van der Waals surface area contributed by atoms with E-state index >= 15 is 0 Å². The van der Waals surface area contributed by atoms with Crippen LogP contribution in [0.2, 0.25) is 0 Å². The summed E-state index contributed by atoms with van der Waals surface area (Å²) < 4.78 is 24.2.